The van der Waals surface area contributed by atoms with Crippen LogP contribution in [0, 0.1) is 5.92 Å². The summed E-state index contributed by atoms with van der Waals surface area (Å²) >= 11 is 0. The van der Waals surface area contributed by atoms with E-state index in [-0.39, 0.29) is 24.1 Å². The predicted molar refractivity (Wildman–Crippen MR) is 78.3 cm³/mol. The predicted octanol–water partition coefficient (Wildman–Crippen LogP) is 2.54. The zero-order valence-electron chi connectivity index (χ0n) is 12.7. The first-order chi connectivity index (χ1) is 10.9. The minimum absolute atomic E-state index is 0.0356. The largest absolute Gasteiger partial charge is 0.481 e. The lowest BCUT2D eigenvalue weighted by atomic mass is 9.90. The number of benzene rings is 1. The zero-order valence-corrected chi connectivity index (χ0v) is 12.7. The minimum Gasteiger partial charge on any atom is -0.481 e. The summed E-state index contributed by atoms with van der Waals surface area (Å²) in [5.74, 6) is -1.56. The Morgan fingerprint density at radius 1 is 1.35 bits per heavy atom. The van der Waals surface area contributed by atoms with Gasteiger partial charge >= 0.3 is 12.6 Å². The number of rotatable bonds is 5. The lowest BCUT2D eigenvalue weighted by Gasteiger charge is -2.37. The van der Waals surface area contributed by atoms with Gasteiger partial charge in [0.2, 0.25) is 5.91 Å². The van der Waals surface area contributed by atoms with Crippen LogP contribution in [0.2, 0.25) is 0 Å². The molecule has 1 amide bonds. The minimum atomic E-state index is -2.88. The molecular weight excluding hydrogens is 308 g/mol. The topological polar surface area (TPSA) is 66.8 Å². The molecule has 1 saturated heterocycles. The fourth-order valence-electron chi connectivity index (χ4n) is 2.89. The molecule has 1 N–H and O–H groups in total. The van der Waals surface area contributed by atoms with Crippen molar-refractivity contribution in [2.75, 3.05) is 6.54 Å². The van der Waals surface area contributed by atoms with E-state index < -0.39 is 18.5 Å². The number of ether oxygens (including phenoxy) is 1. The molecule has 1 aliphatic heterocycles. The number of hydrogen-bond donors (Lipinski definition) is 1. The van der Waals surface area contributed by atoms with Crippen molar-refractivity contribution in [1.29, 1.82) is 0 Å². The SMILES string of the molecule is C[C@@H]1[C@H](C(=O)O)CCCN1C(=O)Cc1ccc(OC(F)F)cc1. The number of aliphatic carboxylic acids is 1. The number of likely N-dealkylation sites (tertiary alicyclic amines) is 1. The summed E-state index contributed by atoms with van der Waals surface area (Å²) in [4.78, 5) is 25.2. The fraction of sp³-hybridized carbons (Fsp3) is 0.500. The number of amides is 1. The molecule has 1 heterocycles. The second kappa shape index (κ2) is 7.39. The van der Waals surface area contributed by atoms with E-state index in [0.29, 0.717) is 24.9 Å². The van der Waals surface area contributed by atoms with Crippen LogP contribution in [-0.4, -0.2) is 41.1 Å². The van der Waals surface area contributed by atoms with Crippen molar-refractivity contribution in [2.45, 2.75) is 38.8 Å². The molecule has 1 aromatic rings. The highest BCUT2D eigenvalue weighted by Gasteiger charge is 2.35. The number of carboxylic acid groups (broad SMARTS) is 1. The molecule has 23 heavy (non-hydrogen) atoms. The van der Waals surface area contributed by atoms with Crippen LogP contribution in [0.15, 0.2) is 24.3 Å². The highest BCUT2D eigenvalue weighted by atomic mass is 19.3. The van der Waals surface area contributed by atoms with Gasteiger partial charge in [-0.05, 0) is 37.5 Å². The number of halogens is 2. The lowest BCUT2D eigenvalue weighted by Crippen LogP contribution is -2.49. The Hall–Kier alpha value is -2.18. The van der Waals surface area contributed by atoms with E-state index in [1.165, 1.54) is 12.1 Å². The van der Waals surface area contributed by atoms with E-state index >= 15 is 0 Å². The Morgan fingerprint density at radius 2 is 2.00 bits per heavy atom. The standard InChI is InChI=1S/C16H19F2NO4/c1-10-13(15(21)22)3-2-8-19(10)14(20)9-11-4-6-12(7-5-11)23-16(17)18/h4-7,10,13,16H,2-3,8-9H2,1H3,(H,21,22)/t10-,13-/m1/s1. The van der Waals surface area contributed by atoms with Crippen LogP contribution in [0.4, 0.5) is 8.78 Å². The Morgan fingerprint density at radius 3 is 2.57 bits per heavy atom. The van der Waals surface area contributed by atoms with Crippen molar-refractivity contribution in [2.24, 2.45) is 5.92 Å². The van der Waals surface area contributed by atoms with Crippen molar-refractivity contribution >= 4 is 11.9 Å². The van der Waals surface area contributed by atoms with Gasteiger partial charge in [-0.15, -0.1) is 0 Å². The molecule has 0 saturated carbocycles. The number of carboxylic acids is 1. The number of hydrogen-bond acceptors (Lipinski definition) is 3. The second-order valence-electron chi connectivity index (χ2n) is 5.61. The molecule has 0 unspecified atom stereocenters. The monoisotopic (exact) mass is 327 g/mol. The maximum Gasteiger partial charge on any atom is 0.387 e. The van der Waals surface area contributed by atoms with Crippen molar-refractivity contribution < 1.29 is 28.2 Å². The molecule has 126 valence electrons. The van der Waals surface area contributed by atoms with Crippen LogP contribution < -0.4 is 4.74 Å². The zero-order chi connectivity index (χ0) is 17.0. The normalized spacial score (nSPS) is 21.3. The molecule has 0 aliphatic carbocycles. The van der Waals surface area contributed by atoms with E-state index in [4.69, 9.17) is 0 Å². The van der Waals surface area contributed by atoms with Crippen LogP contribution in [0.25, 0.3) is 0 Å². The molecule has 2 atom stereocenters. The van der Waals surface area contributed by atoms with Gasteiger partial charge in [-0.1, -0.05) is 12.1 Å². The van der Waals surface area contributed by atoms with E-state index in [1.807, 2.05) is 0 Å². The van der Waals surface area contributed by atoms with Gasteiger partial charge in [0, 0.05) is 12.6 Å². The summed E-state index contributed by atoms with van der Waals surface area (Å²) in [6.07, 6.45) is 1.33. The van der Waals surface area contributed by atoms with Gasteiger partial charge in [0.1, 0.15) is 5.75 Å². The van der Waals surface area contributed by atoms with Gasteiger partial charge in [0.15, 0.2) is 0 Å². The molecule has 2 rings (SSSR count). The quantitative estimate of drug-likeness (QED) is 0.902. The van der Waals surface area contributed by atoms with E-state index in [0.717, 1.165) is 0 Å². The fourth-order valence-corrected chi connectivity index (χ4v) is 2.89. The first kappa shape index (κ1) is 17.2. The molecular formula is C16H19F2NO4. The highest BCUT2D eigenvalue weighted by Crippen LogP contribution is 2.25. The third kappa shape index (κ3) is 4.40. The second-order valence-corrected chi connectivity index (χ2v) is 5.61. The summed E-state index contributed by atoms with van der Waals surface area (Å²) in [7, 11) is 0. The lowest BCUT2D eigenvalue weighted by molar-refractivity contribution is -0.148. The average Bonchev–Trinajstić information content (AvgIpc) is 2.48. The third-order valence-corrected chi connectivity index (χ3v) is 4.13. The molecule has 7 heteroatoms. The summed E-state index contributed by atoms with van der Waals surface area (Å²) in [5, 5.41) is 9.19. The Bertz CT molecular complexity index is 562. The third-order valence-electron chi connectivity index (χ3n) is 4.13. The Kier molecular flexibility index (Phi) is 5.52. The van der Waals surface area contributed by atoms with Crippen LogP contribution in [0.3, 0.4) is 0 Å². The molecule has 0 spiro atoms. The summed E-state index contributed by atoms with van der Waals surface area (Å²) in [6.45, 7) is -0.601. The number of nitrogens with zero attached hydrogens (tertiary/aromatic N) is 1. The van der Waals surface area contributed by atoms with Gasteiger partial charge in [0.25, 0.3) is 0 Å². The molecule has 0 radical (unpaired) electrons. The van der Waals surface area contributed by atoms with Crippen molar-refractivity contribution in [3.63, 3.8) is 0 Å². The molecule has 1 aromatic carbocycles. The van der Waals surface area contributed by atoms with E-state index in [2.05, 4.69) is 4.74 Å². The Labute approximate surface area is 132 Å². The van der Waals surface area contributed by atoms with E-state index in [1.54, 1.807) is 24.0 Å². The van der Waals surface area contributed by atoms with Crippen molar-refractivity contribution in [3.8, 4) is 5.75 Å². The maximum atomic E-state index is 12.4. The molecule has 0 bridgehead atoms. The number of piperidine rings is 1. The number of carbonyl (C=O) groups is 2. The smallest absolute Gasteiger partial charge is 0.387 e. The van der Waals surface area contributed by atoms with Crippen molar-refractivity contribution in [1.82, 2.24) is 4.90 Å². The van der Waals surface area contributed by atoms with Crippen LogP contribution in [-0.2, 0) is 16.0 Å². The van der Waals surface area contributed by atoms with Gasteiger partial charge in [0.05, 0.1) is 12.3 Å². The van der Waals surface area contributed by atoms with Gasteiger partial charge < -0.3 is 14.7 Å². The van der Waals surface area contributed by atoms with Crippen molar-refractivity contribution in [3.05, 3.63) is 29.8 Å². The van der Waals surface area contributed by atoms with Gasteiger partial charge in [-0.3, -0.25) is 9.59 Å². The average molecular weight is 327 g/mol. The summed E-state index contributed by atoms with van der Waals surface area (Å²) in [6, 6.07) is 5.52. The first-order valence-electron chi connectivity index (χ1n) is 7.44. The van der Waals surface area contributed by atoms with Crippen LogP contribution in [0.1, 0.15) is 25.3 Å². The summed E-state index contributed by atoms with van der Waals surface area (Å²) in [5.41, 5.74) is 0.668. The van der Waals surface area contributed by atoms with Crippen LogP contribution >= 0.6 is 0 Å². The molecule has 0 aromatic heterocycles. The van der Waals surface area contributed by atoms with E-state index in [9.17, 15) is 23.5 Å². The summed E-state index contributed by atoms with van der Waals surface area (Å²) < 4.78 is 28.4. The number of carbonyl (C=O) groups excluding carboxylic acids is 1. The van der Waals surface area contributed by atoms with Gasteiger partial charge in [-0.25, -0.2) is 0 Å². The van der Waals surface area contributed by atoms with Gasteiger partial charge in [-0.2, -0.15) is 8.78 Å². The maximum absolute atomic E-state index is 12.4. The number of alkyl halides is 2. The first-order valence-corrected chi connectivity index (χ1v) is 7.44. The Balaban J connectivity index is 1.99. The highest BCUT2D eigenvalue weighted by molar-refractivity contribution is 5.80. The molecule has 1 fully saturated rings. The van der Waals surface area contributed by atoms with Crippen LogP contribution in [0.5, 0.6) is 5.75 Å². The molecule has 5 nitrogen and oxygen atoms in total. The molecule has 1 aliphatic rings.